The van der Waals surface area contributed by atoms with Crippen LogP contribution < -0.4 is 10.0 Å². The normalized spacial score (nSPS) is 13.2. The molecule has 1 rings (SSSR count). The second-order valence-corrected chi connectivity index (χ2v) is 8.35. The van der Waals surface area contributed by atoms with Crippen LogP contribution in [0.15, 0.2) is 29.2 Å². The minimum absolute atomic E-state index is 0.103. The highest BCUT2D eigenvalue weighted by atomic mass is 79.9. The van der Waals surface area contributed by atoms with E-state index >= 15 is 0 Å². The van der Waals surface area contributed by atoms with Crippen LogP contribution in [0.4, 0.5) is 5.69 Å². The third kappa shape index (κ3) is 6.58. The molecule has 0 fully saturated rings. The van der Waals surface area contributed by atoms with Gasteiger partial charge in [0.1, 0.15) is 0 Å². The molecule has 0 aliphatic heterocycles. The first-order valence-electron chi connectivity index (χ1n) is 6.72. The van der Waals surface area contributed by atoms with Gasteiger partial charge in [0.25, 0.3) is 0 Å². The largest absolute Gasteiger partial charge is 0.326 e. The van der Waals surface area contributed by atoms with Gasteiger partial charge in [-0.1, -0.05) is 29.8 Å². The summed E-state index contributed by atoms with van der Waals surface area (Å²) in [4.78, 5) is 11.2. The second-order valence-electron chi connectivity index (χ2n) is 5.28. The highest BCUT2D eigenvalue weighted by Crippen LogP contribution is 2.16. The monoisotopic (exact) mass is 376 g/mol. The van der Waals surface area contributed by atoms with Gasteiger partial charge >= 0.3 is 0 Å². The Morgan fingerprint density at radius 1 is 1.24 bits per heavy atom. The van der Waals surface area contributed by atoms with Gasteiger partial charge in [-0.3, -0.25) is 4.79 Å². The van der Waals surface area contributed by atoms with Crippen molar-refractivity contribution in [1.29, 1.82) is 0 Å². The van der Waals surface area contributed by atoms with E-state index in [1.54, 1.807) is 12.1 Å². The van der Waals surface area contributed by atoms with Crippen LogP contribution in [0.2, 0.25) is 0 Å². The number of carbonyl (C=O) groups is 1. The number of nitrogens with one attached hydrogen (secondary N) is 2. The molecule has 0 aromatic heterocycles. The Morgan fingerprint density at radius 2 is 1.81 bits per heavy atom. The van der Waals surface area contributed by atoms with Crippen molar-refractivity contribution < 1.29 is 13.2 Å². The van der Waals surface area contributed by atoms with E-state index in [0.717, 1.165) is 6.42 Å². The summed E-state index contributed by atoms with van der Waals surface area (Å²) in [5.74, 6) is 0.301. The zero-order valence-electron chi connectivity index (χ0n) is 12.4. The van der Waals surface area contributed by atoms with Crippen LogP contribution in [0.5, 0.6) is 0 Å². The number of rotatable bonds is 7. The van der Waals surface area contributed by atoms with E-state index in [-0.39, 0.29) is 15.6 Å². The van der Waals surface area contributed by atoms with E-state index in [4.69, 9.17) is 0 Å². The fourth-order valence-electron chi connectivity index (χ4n) is 1.80. The number of anilines is 1. The molecular formula is C14H21BrN2O3S. The molecule has 0 saturated heterocycles. The van der Waals surface area contributed by atoms with Gasteiger partial charge in [0, 0.05) is 24.0 Å². The van der Waals surface area contributed by atoms with Gasteiger partial charge < -0.3 is 5.32 Å². The van der Waals surface area contributed by atoms with Gasteiger partial charge in [-0.15, -0.1) is 0 Å². The van der Waals surface area contributed by atoms with Crippen molar-refractivity contribution in [2.24, 2.45) is 5.92 Å². The van der Waals surface area contributed by atoms with Crippen molar-refractivity contribution in [2.45, 2.75) is 36.9 Å². The lowest BCUT2D eigenvalue weighted by Gasteiger charge is -2.13. The number of alkyl halides is 1. The molecule has 0 aliphatic rings. The van der Waals surface area contributed by atoms with E-state index in [0.29, 0.717) is 18.2 Å². The molecular weight excluding hydrogens is 356 g/mol. The first kappa shape index (κ1) is 18.1. The van der Waals surface area contributed by atoms with Crippen molar-refractivity contribution in [3.05, 3.63) is 24.3 Å². The number of hydrogen-bond acceptors (Lipinski definition) is 3. The topological polar surface area (TPSA) is 75.3 Å². The molecule has 0 spiro atoms. The van der Waals surface area contributed by atoms with Crippen LogP contribution >= 0.6 is 15.9 Å². The lowest BCUT2D eigenvalue weighted by Crippen LogP contribution is -2.30. The van der Waals surface area contributed by atoms with Crippen LogP contribution in [0.1, 0.15) is 27.2 Å². The van der Waals surface area contributed by atoms with Gasteiger partial charge in [-0.05, 0) is 36.6 Å². The molecule has 0 bridgehead atoms. The van der Waals surface area contributed by atoms with Gasteiger partial charge in [0.05, 0.1) is 4.90 Å². The zero-order valence-corrected chi connectivity index (χ0v) is 14.8. The standard InChI is InChI=1S/C14H21BrN2O3S/c1-10(2)8-12(15)9-16-21(19,20)14-6-4-13(5-7-14)17-11(3)18/h4-7,10,12,16H,8-9H2,1-3H3,(H,17,18). The van der Waals surface area contributed by atoms with Gasteiger partial charge in [0.15, 0.2) is 0 Å². The number of amides is 1. The maximum atomic E-state index is 12.1. The summed E-state index contributed by atoms with van der Waals surface area (Å²) in [6.07, 6.45) is 0.893. The summed E-state index contributed by atoms with van der Waals surface area (Å²) < 4.78 is 26.9. The molecule has 5 nitrogen and oxygen atoms in total. The number of hydrogen-bond donors (Lipinski definition) is 2. The van der Waals surface area contributed by atoms with E-state index in [2.05, 4.69) is 39.8 Å². The maximum Gasteiger partial charge on any atom is 0.240 e. The number of benzene rings is 1. The van der Waals surface area contributed by atoms with Crippen molar-refractivity contribution in [1.82, 2.24) is 4.72 Å². The molecule has 0 radical (unpaired) electrons. The van der Waals surface area contributed by atoms with E-state index in [1.165, 1.54) is 19.1 Å². The second kappa shape index (κ2) is 7.91. The fourth-order valence-corrected chi connectivity index (χ4v) is 4.00. The summed E-state index contributed by atoms with van der Waals surface area (Å²) in [6.45, 7) is 5.91. The summed E-state index contributed by atoms with van der Waals surface area (Å²) >= 11 is 3.47. The Kier molecular flexibility index (Phi) is 6.83. The quantitative estimate of drug-likeness (QED) is 0.718. The Balaban J connectivity index is 2.68. The molecule has 0 aliphatic carbocycles. The van der Waals surface area contributed by atoms with Crippen molar-refractivity contribution in [3.8, 4) is 0 Å². The van der Waals surface area contributed by atoms with Crippen LogP contribution in [0.3, 0.4) is 0 Å². The number of halogens is 1. The summed E-state index contributed by atoms with van der Waals surface area (Å²) in [6, 6.07) is 6.07. The van der Waals surface area contributed by atoms with Crippen molar-refractivity contribution >= 4 is 37.5 Å². The highest BCUT2D eigenvalue weighted by Gasteiger charge is 2.16. The minimum atomic E-state index is -3.53. The summed E-state index contributed by atoms with van der Waals surface area (Å²) in [5.41, 5.74) is 0.569. The average Bonchev–Trinajstić information content (AvgIpc) is 2.36. The SMILES string of the molecule is CC(=O)Nc1ccc(S(=O)(=O)NCC(Br)CC(C)C)cc1. The molecule has 118 valence electrons. The Morgan fingerprint density at radius 3 is 2.29 bits per heavy atom. The van der Waals surface area contributed by atoms with E-state index in [9.17, 15) is 13.2 Å². The lowest BCUT2D eigenvalue weighted by atomic mass is 10.1. The first-order valence-corrected chi connectivity index (χ1v) is 9.12. The maximum absolute atomic E-state index is 12.1. The molecule has 1 aromatic carbocycles. The Hall–Kier alpha value is -0.920. The van der Waals surface area contributed by atoms with Gasteiger partial charge in [-0.25, -0.2) is 13.1 Å². The fraction of sp³-hybridized carbons (Fsp3) is 0.500. The van der Waals surface area contributed by atoms with Crippen molar-refractivity contribution in [3.63, 3.8) is 0 Å². The van der Waals surface area contributed by atoms with Crippen LogP contribution in [0.25, 0.3) is 0 Å². The van der Waals surface area contributed by atoms with Crippen LogP contribution in [0, 0.1) is 5.92 Å². The molecule has 7 heteroatoms. The minimum Gasteiger partial charge on any atom is -0.326 e. The first-order chi connectivity index (χ1) is 9.70. The summed E-state index contributed by atoms with van der Waals surface area (Å²) in [7, 11) is -3.53. The Labute approximate surface area is 134 Å². The average molecular weight is 377 g/mol. The molecule has 0 heterocycles. The smallest absolute Gasteiger partial charge is 0.240 e. The highest BCUT2D eigenvalue weighted by molar-refractivity contribution is 9.09. The third-order valence-electron chi connectivity index (χ3n) is 2.71. The molecule has 1 unspecified atom stereocenters. The van der Waals surface area contributed by atoms with Gasteiger partial charge in [-0.2, -0.15) is 0 Å². The van der Waals surface area contributed by atoms with E-state index < -0.39 is 10.0 Å². The molecule has 2 N–H and O–H groups in total. The molecule has 1 aromatic rings. The predicted octanol–water partition coefficient (Wildman–Crippen LogP) is 2.73. The molecule has 1 amide bonds. The van der Waals surface area contributed by atoms with Crippen molar-refractivity contribution in [2.75, 3.05) is 11.9 Å². The summed E-state index contributed by atoms with van der Waals surface area (Å²) in [5, 5.41) is 2.59. The Bertz CT molecular complexity index is 570. The van der Waals surface area contributed by atoms with E-state index in [1.807, 2.05) is 0 Å². The third-order valence-corrected chi connectivity index (χ3v) is 4.84. The number of carbonyl (C=O) groups excluding carboxylic acids is 1. The van der Waals surface area contributed by atoms with Gasteiger partial charge in [0.2, 0.25) is 15.9 Å². The molecule has 0 saturated carbocycles. The van der Waals surface area contributed by atoms with Crippen LogP contribution in [-0.4, -0.2) is 25.7 Å². The molecule has 21 heavy (non-hydrogen) atoms. The molecule has 1 atom stereocenters. The lowest BCUT2D eigenvalue weighted by molar-refractivity contribution is -0.114. The van der Waals surface area contributed by atoms with Crippen LogP contribution in [-0.2, 0) is 14.8 Å². The zero-order chi connectivity index (χ0) is 16.0. The number of sulfonamides is 1. The predicted molar refractivity (Wildman–Crippen MR) is 88.1 cm³/mol.